The van der Waals surface area contributed by atoms with Gasteiger partial charge in [-0.1, -0.05) is 0 Å². The van der Waals surface area contributed by atoms with E-state index < -0.39 is 75.8 Å². The van der Waals surface area contributed by atoms with Crippen molar-refractivity contribution < 1.29 is 47.2 Å². The zero-order valence-corrected chi connectivity index (χ0v) is 25.4. The van der Waals surface area contributed by atoms with Gasteiger partial charge in [0, 0.05) is 0 Å². The van der Waals surface area contributed by atoms with E-state index in [0.29, 0.717) is 0 Å². The molecule has 4 bridgehead atoms. The molecule has 4 aromatic rings. The van der Waals surface area contributed by atoms with Crippen molar-refractivity contribution in [1.29, 1.82) is 0 Å². The maximum Gasteiger partial charge on any atom is 0.325 e. The Labute approximate surface area is 256 Å². The summed E-state index contributed by atoms with van der Waals surface area (Å²) in [5, 5.41) is 22.4. The van der Waals surface area contributed by atoms with Gasteiger partial charge in [0.1, 0.15) is 60.3 Å². The molecule has 0 radical (unpaired) electrons. The molecule has 4 aromatic heterocycles. The van der Waals surface area contributed by atoms with Crippen LogP contribution in [0.25, 0.3) is 22.3 Å². The van der Waals surface area contributed by atoms with Gasteiger partial charge < -0.3 is 61.9 Å². The lowest BCUT2D eigenvalue weighted by atomic mass is 10.1. The zero-order chi connectivity index (χ0) is 31.0. The number of ether oxygens (including phenoxy) is 2. The lowest BCUT2D eigenvalue weighted by molar-refractivity contribution is -0.0601. The topological polar surface area (TPSA) is 272 Å². The van der Waals surface area contributed by atoms with Crippen molar-refractivity contribution in [1.82, 2.24) is 39.0 Å². The number of nitrogen functional groups attached to an aromatic ring is 2. The molecule has 44 heavy (non-hydrogen) atoms. The van der Waals surface area contributed by atoms with Gasteiger partial charge in [0.25, 0.3) is 0 Å². The number of nitrogens with two attached hydrogens (primary N) is 2. The van der Waals surface area contributed by atoms with Crippen molar-refractivity contribution in [3.05, 3.63) is 25.3 Å². The van der Waals surface area contributed by atoms with Crippen LogP contribution in [-0.2, 0) is 56.2 Å². The Morgan fingerprint density at radius 2 is 1.30 bits per heavy atom. The lowest BCUT2D eigenvalue weighted by Gasteiger charge is -2.32. The first-order chi connectivity index (χ1) is 20.9. The first kappa shape index (κ1) is 30.2. The van der Waals surface area contributed by atoms with Crippen LogP contribution in [-0.4, -0.2) is 104 Å². The number of aliphatic hydroxyl groups is 2. The minimum absolute atomic E-state index is 0.0879. The van der Waals surface area contributed by atoms with E-state index in [-0.39, 0.29) is 34.0 Å². The number of hydrogen-bond acceptors (Lipinski definition) is 19. The molecule has 7 heterocycles. The fourth-order valence-corrected chi connectivity index (χ4v) is 8.01. The number of anilines is 2. The van der Waals surface area contributed by atoms with Gasteiger partial charge in [-0.3, -0.25) is 18.2 Å². The van der Waals surface area contributed by atoms with Crippen LogP contribution in [0.4, 0.5) is 11.6 Å². The van der Waals surface area contributed by atoms with Crippen molar-refractivity contribution in [2.24, 2.45) is 0 Å². The molecule has 0 aliphatic carbocycles. The lowest BCUT2D eigenvalue weighted by Crippen LogP contribution is -2.37. The van der Waals surface area contributed by atoms with Crippen LogP contribution in [0.15, 0.2) is 25.3 Å². The van der Waals surface area contributed by atoms with Crippen LogP contribution in [0, 0.1) is 0 Å². The average molecular weight is 690 g/mol. The summed E-state index contributed by atoms with van der Waals surface area (Å²) in [6, 6.07) is 0. The van der Waals surface area contributed by atoms with Crippen LogP contribution in [0.1, 0.15) is 12.5 Å². The molecule has 10 atom stereocenters. The first-order valence-corrected chi connectivity index (χ1v) is 17.9. The second-order valence-electron chi connectivity index (χ2n) is 9.92. The summed E-state index contributed by atoms with van der Waals surface area (Å²) in [4.78, 5) is 35.6. The van der Waals surface area contributed by atoms with Crippen molar-refractivity contribution in [3.8, 4) is 0 Å². The minimum atomic E-state index is -4.41. The second kappa shape index (κ2) is 11.1. The number of imidazole rings is 2. The van der Waals surface area contributed by atoms with Crippen LogP contribution in [0.2, 0.25) is 0 Å². The van der Waals surface area contributed by atoms with E-state index in [4.69, 9.17) is 63.1 Å². The second-order valence-corrected chi connectivity index (χ2v) is 15.4. The van der Waals surface area contributed by atoms with Crippen molar-refractivity contribution >= 4 is 71.5 Å². The summed E-state index contributed by atoms with van der Waals surface area (Å²) in [5.74, 6) is 0.180. The highest BCUT2D eigenvalue weighted by molar-refractivity contribution is 8.32. The Balaban J connectivity index is 1.22. The number of nitrogens with zero attached hydrogens (tertiary/aromatic N) is 8. The predicted octanol–water partition coefficient (Wildman–Crippen LogP) is -0.964. The standard InChI is InChI=1S/C20H24N10O10P2S2/c21-15-9-17(25-3-23-15)29(5-27-9)19-13-11(31)7(37-19)1-35-41(33,43)39-14-12(32)8(2-36-42(34,44)40-13)38-20(14)30-6-28-10-16(22)24-4-26-18(10)30/h3-8,11-14,19-20,31-32H,1-2H2,(H,33,43)(H,34,44)(H2,21,23,25)(H2,22,24,26)/p-1/t7-,8-,11-,12-,13-,14-,19-,20-,41?,42?/m1/s1. The van der Waals surface area contributed by atoms with E-state index in [1.54, 1.807) is 0 Å². The maximum atomic E-state index is 13.4. The first-order valence-electron chi connectivity index (χ1n) is 12.8. The highest BCUT2D eigenvalue weighted by Crippen LogP contribution is 2.54. The van der Waals surface area contributed by atoms with E-state index in [2.05, 4.69) is 29.9 Å². The van der Waals surface area contributed by atoms with Crippen LogP contribution >= 0.6 is 13.5 Å². The van der Waals surface area contributed by atoms with Gasteiger partial charge in [-0.25, -0.2) is 29.9 Å². The SMILES string of the molecule is Nc1ncnc2c1ncn2[C@@H]1O[C@@H]2COP(O)(=S)O[C@@H]3[C@H](O)[C@@H](COP(=O)([S-])O[C@@H]1[C@@H]2O)O[C@H]3n1cnc2c(N)ncnc21. The minimum Gasteiger partial charge on any atom is -0.660 e. The highest BCUT2D eigenvalue weighted by Gasteiger charge is 2.52. The quantitative estimate of drug-likeness (QED) is 0.125. The number of aromatic nitrogens is 8. The van der Waals surface area contributed by atoms with Crippen molar-refractivity contribution in [2.45, 2.75) is 49.1 Å². The van der Waals surface area contributed by atoms with Crippen LogP contribution in [0.5, 0.6) is 0 Å². The summed E-state index contributed by atoms with van der Waals surface area (Å²) in [7, 11) is 0. The molecule has 236 valence electrons. The fourth-order valence-electron chi connectivity index (χ4n) is 5.20. The summed E-state index contributed by atoms with van der Waals surface area (Å²) in [5.41, 5.74) is 12.7. The molecule has 20 nitrogen and oxygen atoms in total. The average Bonchev–Trinajstić information content (AvgIpc) is 3.73. The molecule has 0 spiro atoms. The van der Waals surface area contributed by atoms with Crippen molar-refractivity contribution in [2.75, 3.05) is 24.7 Å². The molecule has 0 saturated carbocycles. The molecule has 2 unspecified atom stereocenters. The molecule has 3 aliphatic heterocycles. The Morgan fingerprint density at radius 3 is 1.82 bits per heavy atom. The van der Waals surface area contributed by atoms with E-state index >= 15 is 0 Å². The van der Waals surface area contributed by atoms with Crippen molar-refractivity contribution in [3.63, 3.8) is 0 Å². The molecule has 3 aliphatic rings. The molecule has 7 rings (SSSR count). The van der Waals surface area contributed by atoms with Gasteiger partial charge in [0.15, 0.2) is 35.4 Å². The fraction of sp³-hybridized carbons (Fsp3) is 0.500. The maximum absolute atomic E-state index is 13.4. The molecule has 0 amide bonds. The highest BCUT2D eigenvalue weighted by atomic mass is 32.7. The molecule has 24 heteroatoms. The van der Waals surface area contributed by atoms with Gasteiger partial charge in [-0.15, -0.1) is 0 Å². The Kier molecular flexibility index (Phi) is 7.64. The number of fused-ring (bicyclic) bond motifs is 6. The Bertz CT molecular complexity index is 1700. The molecule has 7 N–H and O–H groups in total. The van der Waals surface area contributed by atoms with Gasteiger partial charge >= 0.3 is 6.72 Å². The monoisotopic (exact) mass is 689 g/mol. The third-order valence-corrected chi connectivity index (χ3v) is 10.4. The third-order valence-electron chi connectivity index (χ3n) is 7.25. The molecular formula is C20H23N10O10P2S2-. The summed E-state index contributed by atoms with van der Waals surface area (Å²) in [6.45, 7) is -9.66. The predicted molar refractivity (Wildman–Crippen MR) is 152 cm³/mol. The number of hydrogen-bond donors (Lipinski definition) is 5. The molecular weight excluding hydrogens is 666 g/mol. The number of aliphatic hydroxyl groups excluding tert-OH is 2. The summed E-state index contributed by atoms with van der Waals surface area (Å²) < 4.78 is 50.7. The smallest absolute Gasteiger partial charge is 0.325 e. The molecule has 0 aromatic carbocycles. The Morgan fingerprint density at radius 1 is 0.818 bits per heavy atom. The third kappa shape index (κ3) is 5.28. The van der Waals surface area contributed by atoms with Crippen LogP contribution in [0.3, 0.4) is 0 Å². The van der Waals surface area contributed by atoms with Gasteiger partial charge in [-0.2, -0.15) is 0 Å². The summed E-state index contributed by atoms with van der Waals surface area (Å²) >= 11 is 10.4. The van der Waals surface area contributed by atoms with E-state index in [1.807, 2.05) is 0 Å². The van der Waals surface area contributed by atoms with Gasteiger partial charge in [-0.05, 0) is 11.8 Å². The normalized spacial score (nSPS) is 38.3. The number of rotatable bonds is 2. The largest absolute Gasteiger partial charge is 0.660 e. The zero-order valence-electron chi connectivity index (χ0n) is 22.0. The molecule has 3 saturated heterocycles. The summed E-state index contributed by atoms with van der Waals surface area (Å²) in [6.07, 6.45) is -5.64. The van der Waals surface area contributed by atoms with Gasteiger partial charge in [0.2, 0.25) is 6.80 Å². The van der Waals surface area contributed by atoms with E-state index in [9.17, 15) is 19.7 Å². The van der Waals surface area contributed by atoms with E-state index in [1.165, 1.54) is 34.4 Å². The Hall–Kier alpha value is -2.43. The van der Waals surface area contributed by atoms with Gasteiger partial charge in [0.05, 0.1) is 25.9 Å². The van der Waals surface area contributed by atoms with E-state index in [0.717, 1.165) is 0 Å². The van der Waals surface area contributed by atoms with Crippen LogP contribution < -0.4 is 11.5 Å². The molecule has 3 fully saturated rings.